The summed E-state index contributed by atoms with van der Waals surface area (Å²) in [4.78, 5) is 12.8. The highest BCUT2D eigenvalue weighted by Gasteiger charge is 2.13. The Balaban J connectivity index is 1.54. The third-order valence-corrected chi connectivity index (χ3v) is 6.51. The number of benzene rings is 3. The van der Waals surface area contributed by atoms with E-state index in [-0.39, 0.29) is 6.10 Å². The minimum absolute atomic E-state index is 0.0791. The van der Waals surface area contributed by atoms with E-state index in [2.05, 4.69) is 45.0 Å². The first-order valence-corrected chi connectivity index (χ1v) is 13.9. The van der Waals surface area contributed by atoms with Crippen molar-refractivity contribution in [2.75, 3.05) is 13.2 Å². The van der Waals surface area contributed by atoms with Crippen molar-refractivity contribution in [1.29, 1.82) is 0 Å². The number of hydrogen-bond donors (Lipinski definition) is 0. The van der Waals surface area contributed by atoms with Crippen LogP contribution in [0.2, 0.25) is 0 Å². The highest BCUT2D eigenvalue weighted by Crippen LogP contribution is 2.28. The Morgan fingerprint density at radius 2 is 1.27 bits per heavy atom. The second-order valence-electron chi connectivity index (χ2n) is 9.52. The molecule has 4 heteroatoms. The molecule has 0 saturated heterocycles. The van der Waals surface area contributed by atoms with Gasteiger partial charge in [0.1, 0.15) is 0 Å². The smallest absolute Gasteiger partial charge is 0.343 e. The molecule has 0 aliphatic carbocycles. The predicted molar refractivity (Wildman–Crippen MR) is 151 cm³/mol. The third-order valence-electron chi connectivity index (χ3n) is 6.51. The van der Waals surface area contributed by atoms with Gasteiger partial charge in [0.15, 0.2) is 11.5 Å². The Hall–Kier alpha value is -3.11. The molecular weight excluding hydrogens is 460 g/mol. The monoisotopic (exact) mass is 502 g/mol. The summed E-state index contributed by atoms with van der Waals surface area (Å²) in [5, 5.41) is 0. The van der Waals surface area contributed by atoms with Gasteiger partial charge in [-0.1, -0.05) is 101 Å². The largest absolute Gasteiger partial charge is 0.490 e. The summed E-state index contributed by atoms with van der Waals surface area (Å²) in [6.45, 7) is 7.88. The van der Waals surface area contributed by atoms with Gasteiger partial charge < -0.3 is 14.2 Å². The summed E-state index contributed by atoms with van der Waals surface area (Å²) >= 11 is 0. The molecule has 0 N–H and O–H groups in total. The average Bonchev–Trinajstić information content (AvgIpc) is 2.93. The number of esters is 1. The highest BCUT2D eigenvalue weighted by atomic mass is 16.6. The van der Waals surface area contributed by atoms with E-state index in [4.69, 9.17) is 14.2 Å². The molecule has 0 saturated carbocycles. The van der Waals surface area contributed by atoms with Crippen molar-refractivity contribution in [1.82, 2.24) is 0 Å². The Kier molecular flexibility index (Phi) is 12.2. The average molecular weight is 503 g/mol. The SMILES string of the molecule is CCCCCCCCOc1ccccc1OC(=O)c1ccc(-c2ccc(C(C)OCCCC)cc2)cc1. The minimum Gasteiger partial charge on any atom is -0.490 e. The fraction of sp³-hybridized carbons (Fsp3) is 0.424. The molecule has 4 nitrogen and oxygen atoms in total. The molecule has 0 radical (unpaired) electrons. The lowest BCUT2D eigenvalue weighted by Gasteiger charge is -2.14. The van der Waals surface area contributed by atoms with Crippen LogP contribution in [0.3, 0.4) is 0 Å². The first kappa shape index (κ1) is 28.5. The van der Waals surface area contributed by atoms with Crippen molar-refractivity contribution in [2.24, 2.45) is 0 Å². The lowest BCUT2D eigenvalue weighted by Crippen LogP contribution is -2.09. The highest BCUT2D eigenvalue weighted by molar-refractivity contribution is 5.92. The third kappa shape index (κ3) is 9.36. The van der Waals surface area contributed by atoms with Crippen LogP contribution in [0.1, 0.15) is 94.2 Å². The molecule has 0 bridgehead atoms. The Labute approximate surface area is 223 Å². The number of rotatable bonds is 16. The van der Waals surface area contributed by atoms with E-state index in [9.17, 15) is 4.79 Å². The van der Waals surface area contributed by atoms with Crippen LogP contribution in [0, 0.1) is 0 Å². The molecule has 3 aromatic rings. The van der Waals surface area contributed by atoms with Crippen LogP contribution in [-0.4, -0.2) is 19.2 Å². The Bertz CT molecular complexity index is 1060. The van der Waals surface area contributed by atoms with E-state index in [1.165, 1.54) is 25.7 Å². The molecule has 0 heterocycles. The van der Waals surface area contributed by atoms with Crippen LogP contribution >= 0.6 is 0 Å². The number of unbranched alkanes of at least 4 members (excludes halogenated alkanes) is 6. The van der Waals surface area contributed by atoms with Crippen molar-refractivity contribution in [3.05, 3.63) is 83.9 Å². The molecule has 3 aromatic carbocycles. The normalized spacial score (nSPS) is 11.8. The molecule has 0 amide bonds. The summed E-state index contributed by atoms with van der Waals surface area (Å²) in [5.74, 6) is 0.665. The second-order valence-corrected chi connectivity index (χ2v) is 9.52. The zero-order valence-electron chi connectivity index (χ0n) is 22.7. The molecule has 198 valence electrons. The molecular formula is C33H42O4. The predicted octanol–water partition coefficient (Wildman–Crippen LogP) is 9.19. The molecule has 0 fully saturated rings. The standard InChI is InChI=1S/C33H42O4/c1-4-6-8-9-10-13-25-36-31-14-11-12-15-32(31)37-33(34)30-22-20-29(21-23-30)28-18-16-27(17-19-28)26(3)35-24-7-5-2/h11-12,14-23,26H,4-10,13,24-25H2,1-3H3. The quantitative estimate of drug-likeness (QED) is 0.111. The van der Waals surface area contributed by atoms with Gasteiger partial charge in [-0.05, 0) is 60.7 Å². The van der Waals surface area contributed by atoms with Crippen LogP contribution in [0.25, 0.3) is 11.1 Å². The van der Waals surface area contributed by atoms with Crippen molar-refractivity contribution in [2.45, 2.75) is 78.2 Å². The van der Waals surface area contributed by atoms with Gasteiger partial charge in [0.25, 0.3) is 0 Å². The van der Waals surface area contributed by atoms with Crippen LogP contribution in [0.5, 0.6) is 11.5 Å². The van der Waals surface area contributed by atoms with Gasteiger partial charge in [0, 0.05) is 6.61 Å². The number of carbonyl (C=O) groups is 1. The number of carbonyl (C=O) groups excluding carboxylic acids is 1. The zero-order chi connectivity index (χ0) is 26.3. The summed E-state index contributed by atoms with van der Waals surface area (Å²) in [6.07, 6.45) is 9.50. The maximum Gasteiger partial charge on any atom is 0.343 e. The van der Waals surface area contributed by atoms with Crippen molar-refractivity contribution in [3.8, 4) is 22.6 Å². The summed E-state index contributed by atoms with van der Waals surface area (Å²) in [7, 11) is 0. The van der Waals surface area contributed by atoms with Crippen LogP contribution in [-0.2, 0) is 4.74 Å². The van der Waals surface area contributed by atoms with Gasteiger partial charge in [0.05, 0.1) is 18.3 Å². The number of ether oxygens (including phenoxy) is 3. The van der Waals surface area contributed by atoms with Crippen molar-refractivity contribution in [3.63, 3.8) is 0 Å². The van der Waals surface area contributed by atoms with Crippen LogP contribution in [0.4, 0.5) is 0 Å². The minimum atomic E-state index is -0.393. The van der Waals surface area contributed by atoms with E-state index in [0.717, 1.165) is 49.0 Å². The first-order valence-electron chi connectivity index (χ1n) is 13.9. The van der Waals surface area contributed by atoms with Crippen molar-refractivity contribution < 1.29 is 19.0 Å². The number of hydrogen-bond acceptors (Lipinski definition) is 4. The fourth-order valence-corrected chi connectivity index (χ4v) is 4.12. The van der Waals surface area contributed by atoms with Gasteiger partial charge in [-0.3, -0.25) is 0 Å². The Morgan fingerprint density at radius 3 is 1.95 bits per heavy atom. The van der Waals surface area contributed by atoms with E-state index in [0.29, 0.717) is 23.7 Å². The van der Waals surface area contributed by atoms with E-state index in [1.807, 2.05) is 42.5 Å². The van der Waals surface area contributed by atoms with Crippen molar-refractivity contribution >= 4 is 5.97 Å². The second kappa shape index (κ2) is 15.9. The molecule has 3 rings (SSSR count). The first-order chi connectivity index (χ1) is 18.1. The molecule has 1 unspecified atom stereocenters. The summed E-state index contributed by atoms with van der Waals surface area (Å²) in [6, 6.07) is 23.3. The topological polar surface area (TPSA) is 44.8 Å². The van der Waals surface area contributed by atoms with Gasteiger partial charge in [-0.2, -0.15) is 0 Å². The van der Waals surface area contributed by atoms with Gasteiger partial charge in [0.2, 0.25) is 0 Å². The van der Waals surface area contributed by atoms with E-state index >= 15 is 0 Å². The van der Waals surface area contributed by atoms with Gasteiger partial charge in [-0.25, -0.2) is 4.79 Å². The van der Waals surface area contributed by atoms with Crippen LogP contribution < -0.4 is 9.47 Å². The maximum atomic E-state index is 12.8. The van der Waals surface area contributed by atoms with E-state index in [1.54, 1.807) is 6.07 Å². The number of para-hydroxylation sites is 2. The summed E-state index contributed by atoms with van der Waals surface area (Å²) < 4.78 is 17.5. The molecule has 0 aliphatic heterocycles. The van der Waals surface area contributed by atoms with E-state index < -0.39 is 5.97 Å². The van der Waals surface area contributed by atoms with Crippen LogP contribution in [0.15, 0.2) is 72.8 Å². The zero-order valence-corrected chi connectivity index (χ0v) is 22.7. The summed E-state index contributed by atoms with van der Waals surface area (Å²) in [5.41, 5.74) is 3.81. The molecule has 37 heavy (non-hydrogen) atoms. The molecule has 1 atom stereocenters. The fourth-order valence-electron chi connectivity index (χ4n) is 4.12. The lowest BCUT2D eigenvalue weighted by molar-refractivity contribution is 0.0637. The lowest BCUT2D eigenvalue weighted by atomic mass is 10.0. The molecule has 0 aliphatic rings. The van der Waals surface area contributed by atoms with Gasteiger partial charge >= 0.3 is 5.97 Å². The maximum absolute atomic E-state index is 12.8. The molecule has 0 spiro atoms. The Morgan fingerprint density at radius 1 is 0.676 bits per heavy atom. The molecule has 0 aromatic heterocycles. The van der Waals surface area contributed by atoms with Gasteiger partial charge in [-0.15, -0.1) is 0 Å².